The van der Waals surface area contributed by atoms with Crippen molar-refractivity contribution in [3.05, 3.63) is 28.9 Å². The number of hydrogen-bond donors (Lipinski definition) is 2. The normalized spacial score (nSPS) is 17.7. The highest BCUT2D eigenvalue weighted by molar-refractivity contribution is 7.15. The molecule has 3 rings (SSSR count). The van der Waals surface area contributed by atoms with Crippen LogP contribution in [0.15, 0.2) is 18.3 Å². The van der Waals surface area contributed by atoms with Crippen molar-refractivity contribution in [2.75, 3.05) is 23.7 Å². The van der Waals surface area contributed by atoms with Gasteiger partial charge in [-0.15, -0.1) is 10.2 Å². The van der Waals surface area contributed by atoms with Gasteiger partial charge in [-0.1, -0.05) is 11.3 Å². The van der Waals surface area contributed by atoms with E-state index in [9.17, 15) is 18.0 Å². The number of carbonyl (C=O) groups is 1. The number of nitrogens with zero attached hydrogens (tertiary/aromatic N) is 4. The number of nitrogen functional groups attached to an aromatic ring is 1. The first-order valence-corrected chi connectivity index (χ1v) is 8.28. The molecule has 0 spiro atoms. The zero-order valence-corrected chi connectivity index (χ0v) is 13.8. The van der Waals surface area contributed by atoms with Gasteiger partial charge in [-0.2, -0.15) is 13.2 Å². The molecule has 3 N–H and O–H groups in total. The Morgan fingerprint density at radius 3 is 2.80 bits per heavy atom. The Morgan fingerprint density at radius 1 is 1.40 bits per heavy atom. The molecular weight excluding hydrogens is 357 g/mol. The highest BCUT2D eigenvalue weighted by Gasteiger charge is 2.32. The van der Waals surface area contributed by atoms with Crippen LogP contribution in [0.25, 0.3) is 0 Å². The van der Waals surface area contributed by atoms with Crippen LogP contribution in [-0.2, 0) is 17.5 Å². The number of halogens is 3. The summed E-state index contributed by atoms with van der Waals surface area (Å²) >= 11 is 1.20. The molecule has 1 aliphatic rings. The van der Waals surface area contributed by atoms with Crippen molar-refractivity contribution < 1.29 is 18.0 Å². The summed E-state index contributed by atoms with van der Waals surface area (Å²) < 4.78 is 37.7. The van der Waals surface area contributed by atoms with Gasteiger partial charge in [-0.3, -0.25) is 4.79 Å². The predicted octanol–water partition coefficient (Wildman–Crippen LogP) is 1.68. The van der Waals surface area contributed by atoms with Crippen molar-refractivity contribution in [3.63, 3.8) is 0 Å². The van der Waals surface area contributed by atoms with Gasteiger partial charge in [0.1, 0.15) is 10.8 Å². The molecule has 1 aliphatic heterocycles. The fraction of sp³-hybridized carbons (Fsp3) is 0.429. The summed E-state index contributed by atoms with van der Waals surface area (Å²) in [5.41, 5.74) is 4.68. The van der Waals surface area contributed by atoms with Crippen LogP contribution >= 0.6 is 11.3 Å². The van der Waals surface area contributed by atoms with Crippen LogP contribution in [0.3, 0.4) is 0 Å². The highest BCUT2D eigenvalue weighted by Crippen LogP contribution is 2.30. The maximum absolute atomic E-state index is 12.6. The molecule has 1 atom stereocenters. The fourth-order valence-corrected chi connectivity index (χ4v) is 3.12. The van der Waals surface area contributed by atoms with Crippen molar-refractivity contribution in [2.45, 2.75) is 19.1 Å². The quantitative estimate of drug-likeness (QED) is 0.848. The third-order valence-corrected chi connectivity index (χ3v) is 4.61. The summed E-state index contributed by atoms with van der Waals surface area (Å²) in [4.78, 5) is 17.9. The lowest BCUT2D eigenvalue weighted by atomic mass is 10.1. The van der Waals surface area contributed by atoms with Gasteiger partial charge in [0.15, 0.2) is 0 Å². The second-order valence-corrected chi connectivity index (χ2v) is 6.68. The third-order valence-electron chi connectivity index (χ3n) is 3.85. The molecule has 2 aromatic rings. The average Bonchev–Trinajstić information content (AvgIpc) is 3.21. The Labute approximate surface area is 145 Å². The van der Waals surface area contributed by atoms with Crippen molar-refractivity contribution in [1.29, 1.82) is 0 Å². The van der Waals surface area contributed by atoms with Gasteiger partial charge >= 0.3 is 6.18 Å². The molecule has 3 heterocycles. The molecule has 25 heavy (non-hydrogen) atoms. The second kappa shape index (κ2) is 6.82. The molecule has 0 bridgehead atoms. The van der Waals surface area contributed by atoms with Gasteiger partial charge in [-0.25, -0.2) is 4.98 Å². The van der Waals surface area contributed by atoms with E-state index in [0.717, 1.165) is 12.3 Å². The second-order valence-electron chi connectivity index (χ2n) is 5.59. The van der Waals surface area contributed by atoms with E-state index >= 15 is 0 Å². The number of rotatable bonds is 4. The molecule has 134 valence electrons. The van der Waals surface area contributed by atoms with Crippen molar-refractivity contribution in [3.8, 4) is 0 Å². The monoisotopic (exact) mass is 372 g/mol. The number of pyridine rings is 1. The van der Waals surface area contributed by atoms with E-state index in [1.807, 2.05) is 0 Å². The van der Waals surface area contributed by atoms with Gasteiger partial charge < -0.3 is 16.0 Å². The molecule has 1 saturated heterocycles. The Morgan fingerprint density at radius 2 is 2.20 bits per heavy atom. The van der Waals surface area contributed by atoms with E-state index in [0.29, 0.717) is 35.5 Å². The summed E-state index contributed by atoms with van der Waals surface area (Å²) in [6.07, 6.45) is -3.00. The Hall–Kier alpha value is -2.43. The van der Waals surface area contributed by atoms with Gasteiger partial charge in [0, 0.05) is 19.3 Å². The zero-order chi connectivity index (χ0) is 18.0. The van der Waals surface area contributed by atoms with Crippen LogP contribution in [0, 0.1) is 5.92 Å². The molecule has 7 nitrogen and oxygen atoms in total. The van der Waals surface area contributed by atoms with Gasteiger partial charge in [0.2, 0.25) is 11.0 Å². The molecule has 0 unspecified atom stereocenters. The number of aromatic nitrogens is 3. The summed E-state index contributed by atoms with van der Waals surface area (Å²) in [7, 11) is 0. The van der Waals surface area contributed by atoms with Crippen LogP contribution in [0.5, 0.6) is 0 Å². The van der Waals surface area contributed by atoms with Gasteiger partial charge in [-0.05, 0) is 18.6 Å². The highest BCUT2D eigenvalue weighted by atomic mass is 32.1. The molecular formula is C14H15F3N6OS. The number of amides is 1. The minimum Gasteiger partial charge on any atom is -0.374 e. The Bertz CT molecular complexity index is 748. The minimum atomic E-state index is -4.41. The number of alkyl halides is 3. The maximum atomic E-state index is 12.6. The molecule has 2 aromatic heterocycles. The molecule has 1 fully saturated rings. The molecule has 0 radical (unpaired) electrons. The number of carbonyl (C=O) groups excluding carboxylic acids is 1. The Kier molecular flexibility index (Phi) is 4.75. The van der Waals surface area contributed by atoms with Crippen LogP contribution in [0.1, 0.15) is 17.0 Å². The molecule has 0 aliphatic carbocycles. The lowest BCUT2D eigenvalue weighted by Gasteiger charge is -2.18. The minimum absolute atomic E-state index is 0.136. The molecule has 1 amide bonds. The van der Waals surface area contributed by atoms with E-state index < -0.39 is 11.7 Å². The first-order chi connectivity index (χ1) is 11.8. The number of anilines is 2. The Balaban J connectivity index is 1.55. The first kappa shape index (κ1) is 17.4. The van der Waals surface area contributed by atoms with E-state index in [1.165, 1.54) is 17.4 Å². The van der Waals surface area contributed by atoms with E-state index in [-0.39, 0.29) is 18.4 Å². The lowest BCUT2D eigenvalue weighted by molar-refractivity contribution is -0.137. The SMILES string of the molecule is Nc1nnc(CNC(=O)[C@@H]2CCN(c3ccc(C(F)(F)F)cn3)C2)s1. The summed E-state index contributed by atoms with van der Waals surface area (Å²) in [5.74, 6) is 0.0396. The summed E-state index contributed by atoms with van der Waals surface area (Å²) in [6, 6.07) is 2.32. The van der Waals surface area contributed by atoms with Crippen LogP contribution in [0.2, 0.25) is 0 Å². The third kappa shape index (κ3) is 4.16. The molecule has 11 heteroatoms. The van der Waals surface area contributed by atoms with E-state index in [1.54, 1.807) is 4.90 Å². The van der Waals surface area contributed by atoms with Crippen molar-refractivity contribution >= 4 is 28.2 Å². The zero-order valence-electron chi connectivity index (χ0n) is 13.0. The summed E-state index contributed by atoms with van der Waals surface area (Å²) in [6.45, 7) is 1.22. The standard InChI is InChI=1S/C14H15F3N6OS/c15-14(16,17)9-1-2-10(19-5-9)23-4-3-8(7-23)12(24)20-6-11-21-22-13(18)25-11/h1-2,5,8H,3-4,6-7H2,(H2,18,22)(H,20,24)/t8-/m1/s1. The smallest absolute Gasteiger partial charge is 0.374 e. The predicted molar refractivity (Wildman–Crippen MR) is 85.7 cm³/mol. The number of hydrogen-bond acceptors (Lipinski definition) is 7. The van der Waals surface area contributed by atoms with E-state index in [4.69, 9.17) is 5.73 Å². The molecule has 0 aromatic carbocycles. The first-order valence-electron chi connectivity index (χ1n) is 7.46. The van der Waals surface area contributed by atoms with E-state index in [2.05, 4.69) is 20.5 Å². The van der Waals surface area contributed by atoms with Crippen molar-refractivity contribution in [2.24, 2.45) is 5.92 Å². The number of nitrogens with one attached hydrogen (secondary N) is 1. The maximum Gasteiger partial charge on any atom is 0.417 e. The van der Waals surface area contributed by atoms with Crippen molar-refractivity contribution in [1.82, 2.24) is 20.5 Å². The lowest BCUT2D eigenvalue weighted by Crippen LogP contribution is -2.32. The van der Waals surface area contributed by atoms with Gasteiger partial charge in [0.05, 0.1) is 18.0 Å². The fourth-order valence-electron chi connectivity index (χ4n) is 2.57. The average molecular weight is 372 g/mol. The van der Waals surface area contributed by atoms with Crippen LogP contribution in [0.4, 0.5) is 24.1 Å². The largest absolute Gasteiger partial charge is 0.417 e. The number of nitrogens with two attached hydrogens (primary N) is 1. The van der Waals surface area contributed by atoms with Crippen LogP contribution < -0.4 is 16.0 Å². The topological polar surface area (TPSA) is 97.0 Å². The summed E-state index contributed by atoms with van der Waals surface area (Å²) in [5, 5.41) is 11.2. The van der Waals surface area contributed by atoms with Gasteiger partial charge in [0.25, 0.3) is 0 Å². The van der Waals surface area contributed by atoms with Crippen LogP contribution in [-0.4, -0.2) is 34.2 Å². The molecule has 0 saturated carbocycles.